The molecule has 0 unspecified atom stereocenters. The second-order valence-corrected chi connectivity index (χ2v) is 5.43. The van der Waals surface area contributed by atoms with Gasteiger partial charge in [-0.3, -0.25) is 19.3 Å². The number of ether oxygens (including phenoxy) is 1. The van der Waals surface area contributed by atoms with Gasteiger partial charge in [-0.2, -0.15) is 0 Å². The summed E-state index contributed by atoms with van der Waals surface area (Å²) in [4.78, 5) is 37.1. The Bertz CT molecular complexity index is 714. The third-order valence-corrected chi connectivity index (χ3v) is 3.77. The van der Waals surface area contributed by atoms with Gasteiger partial charge in [0.1, 0.15) is 5.70 Å². The number of carbonyl (C=O) groups is 3. The molecule has 1 aromatic carbocycles. The van der Waals surface area contributed by atoms with Crippen LogP contribution in [0.15, 0.2) is 30.0 Å². The van der Waals surface area contributed by atoms with Crippen LogP contribution in [-0.2, 0) is 14.3 Å². The largest absolute Gasteiger partial charge is 0.395 e. The second-order valence-electron chi connectivity index (χ2n) is 5.43. The van der Waals surface area contributed by atoms with Gasteiger partial charge < -0.3 is 20.5 Å². The third-order valence-electron chi connectivity index (χ3n) is 3.77. The fourth-order valence-corrected chi connectivity index (χ4v) is 2.43. The average Bonchev–Trinajstić information content (AvgIpc) is 2.85. The van der Waals surface area contributed by atoms with E-state index in [1.165, 1.54) is 6.08 Å². The van der Waals surface area contributed by atoms with E-state index < -0.39 is 11.8 Å². The SMILES string of the molecule is COCCNC(=O)c1cccc(NC2=CC(=O)N(CCO)C2=O)c1C. The minimum Gasteiger partial charge on any atom is -0.395 e. The molecule has 3 N–H and O–H groups in total. The summed E-state index contributed by atoms with van der Waals surface area (Å²) in [6.45, 7) is 2.20. The molecule has 1 aliphatic heterocycles. The van der Waals surface area contributed by atoms with Gasteiger partial charge in [0.15, 0.2) is 0 Å². The number of methoxy groups -OCH3 is 1. The summed E-state index contributed by atoms with van der Waals surface area (Å²) in [5.41, 5.74) is 1.78. The minimum absolute atomic E-state index is 0.0553. The number of hydrogen-bond acceptors (Lipinski definition) is 6. The lowest BCUT2D eigenvalue weighted by molar-refractivity contribution is -0.137. The highest BCUT2D eigenvalue weighted by molar-refractivity contribution is 6.17. The molecule has 0 saturated heterocycles. The number of nitrogens with zero attached hydrogens (tertiary/aromatic N) is 1. The molecule has 3 amide bonds. The van der Waals surface area contributed by atoms with Crippen molar-refractivity contribution in [2.75, 3.05) is 38.7 Å². The topological polar surface area (TPSA) is 108 Å². The highest BCUT2D eigenvalue weighted by Gasteiger charge is 2.30. The van der Waals surface area contributed by atoms with Crippen molar-refractivity contribution in [1.29, 1.82) is 0 Å². The van der Waals surface area contributed by atoms with Gasteiger partial charge in [0.05, 0.1) is 19.8 Å². The number of aliphatic hydroxyl groups is 1. The van der Waals surface area contributed by atoms with Crippen LogP contribution in [0.4, 0.5) is 5.69 Å². The highest BCUT2D eigenvalue weighted by Crippen LogP contribution is 2.23. The van der Waals surface area contributed by atoms with Crippen molar-refractivity contribution in [3.05, 3.63) is 41.1 Å². The monoisotopic (exact) mass is 347 g/mol. The summed E-state index contributed by atoms with van der Waals surface area (Å²) in [7, 11) is 1.55. The fraction of sp³-hybridized carbons (Fsp3) is 0.353. The summed E-state index contributed by atoms with van der Waals surface area (Å²) < 4.78 is 4.90. The summed E-state index contributed by atoms with van der Waals surface area (Å²) in [6.07, 6.45) is 1.18. The molecule has 0 radical (unpaired) electrons. The van der Waals surface area contributed by atoms with Crippen molar-refractivity contribution < 1.29 is 24.2 Å². The molecule has 0 aromatic heterocycles. The molecule has 8 heteroatoms. The zero-order valence-corrected chi connectivity index (χ0v) is 14.2. The highest BCUT2D eigenvalue weighted by atomic mass is 16.5. The quantitative estimate of drug-likeness (QED) is 0.452. The molecule has 1 aromatic rings. The van der Waals surface area contributed by atoms with Crippen molar-refractivity contribution in [1.82, 2.24) is 10.2 Å². The fourth-order valence-electron chi connectivity index (χ4n) is 2.43. The second kappa shape index (κ2) is 8.41. The Morgan fingerprint density at radius 2 is 2.08 bits per heavy atom. The van der Waals surface area contributed by atoms with Gasteiger partial charge in [0, 0.05) is 31.0 Å². The van der Waals surface area contributed by atoms with E-state index in [4.69, 9.17) is 9.84 Å². The van der Waals surface area contributed by atoms with Gasteiger partial charge in [-0.15, -0.1) is 0 Å². The molecular weight excluding hydrogens is 326 g/mol. The molecule has 134 valence electrons. The van der Waals surface area contributed by atoms with E-state index in [-0.39, 0.29) is 24.8 Å². The van der Waals surface area contributed by atoms with Gasteiger partial charge >= 0.3 is 0 Å². The lowest BCUT2D eigenvalue weighted by atomic mass is 10.1. The normalized spacial score (nSPS) is 13.9. The molecule has 25 heavy (non-hydrogen) atoms. The van der Waals surface area contributed by atoms with Gasteiger partial charge in [0.25, 0.3) is 17.7 Å². The van der Waals surface area contributed by atoms with Crippen molar-refractivity contribution in [2.45, 2.75) is 6.92 Å². The summed E-state index contributed by atoms with van der Waals surface area (Å²) in [5.74, 6) is -1.23. The number of rotatable bonds is 8. The molecular formula is C17H21N3O5. The van der Waals surface area contributed by atoms with E-state index in [1.54, 1.807) is 32.2 Å². The third kappa shape index (κ3) is 4.23. The zero-order valence-electron chi connectivity index (χ0n) is 14.2. The van der Waals surface area contributed by atoms with E-state index in [0.717, 1.165) is 4.90 Å². The Labute approximate surface area is 145 Å². The number of β-amino-alcohol motifs (C(OH)–C–C–N with tert-alkyl or cyclic N) is 1. The van der Waals surface area contributed by atoms with E-state index in [9.17, 15) is 14.4 Å². The van der Waals surface area contributed by atoms with Crippen LogP contribution >= 0.6 is 0 Å². The molecule has 0 atom stereocenters. The molecule has 0 saturated carbocycles. The maximum absolute atomic E-state index is 12.2. The molecule has 2 rings (SSSR count). The van der Waals surface area contributed by atoms with E-state index in [1.807, 2.05) is 0 Å². The minimum atomic E-state index is -0.506. The average molecular weight is 347 g/mol. The Hall–Kier alpha value is -2.71. The molecule has 0 fully saturated rings. The number of hydrogen-bond donors (Lipinski definition) is 3. The van der Waals surface area contributed by atoms with Crippen LogP contribution in [0, 0.1) is 6.92 Å². The standard InChI is InChI=1S/C17H21N3O5/c1-11-12(16(23)18-6-9-25-2)4-3-5-13(11)19-14-10-15(22)20(7-8-21)17(14)24/h3-5,10,19,21H,6-9H2,1-2H3,(H,18,23). The zero-order chi connectivity index (χ0) is 18.4. The molecule has 0 bridgehead atoms. The van der Waals surface area contributed by atoms with Crippen molar-refractivity contribution in [2.24, 2.45) is 0 Å². The number of nitrogens with one attached hydrogen (secondary N) is 2. The molecule has 8 nitrogen and oxygen atoms in total. The van der Waals surface area contributed by atoms with Crippen LogP contribution in [-0.4, -0.2) is 61.1 Å². The first-order valence-corrected chi connectivity index (χ1v) is 7.81. The van der Waals surface area contributed by atoms with Gasteiger partial charge in [-0.1, -0.05) is 6.07 Å². The number of carbonyl (C=O) groups excluding carboxylic acids is 3. The van der Waals surface area contributed by atoms with E-state index in [2.05, 4.69) is 10.6 Å². The predicted octanol–water partition coefficient (Wildman–Crippen LogP) is 0.0281. The number of aliphatic hydroxyl groups excluding tert-OH is 1. The van der Waals surface area contributed by atoms with Crippen LogP contribution in [0.5, 0.6) is 0 Å². The van der Waals surface area contributed by atoms with E-state index >= 15 is 0 Å². The Balaban J connectivity index is 2.15. The molecule has 1 heterocycles. The number of amides is 3. The summed E-state index contributed by atoms with van der Waals surface area (Å²) in [5, 5.41) is 14.6. The Kier molecular flexibility index (Phi) is 6.26. The Morgan fingerprint density at radius 1 is 1.32 bits per heavy atom. The van der Waals surface area contributed by atoms with Crippen molar-refractivity contribution in [3.63, 3.8) is 0 Å². The smallest absolute Gasteiger partial charge is 0.277 e. The van der Waals surface area contributed by atoms with Gasteiger partial charge in [0.2, 0.25) is 0 Å². The van der Waals surface area contributed by atoms with Crippen LogP contribution in [0.25, 0.3) is 0 Å². The molecule has 1 aliphatic rings. The van der Waals surface area contributed by atoms with Crippen LogP contribution in [0.1, 0.15) is 15.9 Å². The molecule has 0 aliphatic carbocycles. The van der Waals surface area contributed by atoms with Crippen molar-refractivity contribution >= 4 is 23.4 Å². The molecule has 0 spiro atoms. The summed E-state index contributed by atoms with van der Waals surface area (Å²) >= 11 is 0. The summed E-state index contributed by atoms with van der Waals surface area (Å²) in [6, 6.07) is 5.08. The maximum atomic E-state index is 12.2. The maximum Gasteiger partial charge on any atom is 0.277 e. The van der Waals surface area contributed by atoms with Crippen LogP contribution in [0.2, 0.25) is 0 Å². The lowest BCUT2D eigenvalue weighted by Crippen LogP contribution is -2.34. The Morgan fingerprint density at radius 3 is 2.76 bits per heavy atom. The first kappa shape index (κ1) is 18.6. The van der Waals surface area contributed by atoms with Gasteiger partial charge in [-0.05, 0) is 24.6 Å². The lowest BCUT2D eigenvalue weighted by Gasteiger charge is -2.15. The number of benzene rings is 1. The number of imide groups is 1. The van der Waals surface area contributed by atoms with E-state index in [0.29, 0.717) is 30.0 Å². The van der Waals surface area contributed by atoms with Crippen LogP contribution < -0.4 is 10.6 Å². The van der Waals surface area contributed by atoms with Crippen molar-refractivity contribution in [3.8, 4) is 0 Å². The van der Waals surface area contributed by atoms with Crippen LogP contribution in [0.3, 0.4) is 0 Å². The number of anilines is 1. The first-order chi connectivity index (χ1) is 12.0. The predicted molar refractivity (Wildman–Crippen MR) is 90.9 cm³/mol. The van der Waals surface area contributed by atoms with Gasteiger partial charge in [-0.25, -0.2) is 0 Å². The first-order valence-electron chi connectivity index (χ1n) is 7.81.